The van der Waals surface area contributed by atoms with E-state index < -0.39 is 0 Å². The minimum absolute atomic E-state index is 0.0490. The van der Waals surface area contributed by atoms with E-state index in [9.17, 15) is 4.79 Å². The number of hydrogen-bond donors (Lipinski definition) is 0. The van der Waals surface area contributed by atoms with Gasteiger partial charge in [-0.15, -0.1) is 0 Å². The van der Waals surface area contributed by atoms with Crippen molar-refractivity contribution in [3.8, 4) is 0 Å². The molecule has 3 nitrogen and oxygen atoms in total. The van der Waals surface area contributed by atoms with Crippen LogP contribution in [0, 0.1) is 6.92 Å². The van der Waals surface area contributed by atoms with Gasteiger partial charge in [0.2, 0.25) is 6.54 Å². The summed E-state index contributed by atoms with van der Waals surface area (Å²) < 4.78 is 6.92. The molecule has 0 saturated carbocycles. The predicted molar refractivity (Wildman–Crippen MR) is 52.6 cm³/mol. The maximum absolute atomic E-state index is 11.3. The second-order valence-corrected chi connectivity index (χ2v) is 3.51. The minimum Gasteiger partial charge on any atom is -0.458 e. The summed E-state index contributed by atoms with van der Waals surface area (Å²) >= 11 is 0. The van der Waals surface area contributed by atoms with E-state index in [-0.39, 0.29) is 18.6 Å². The molecule has 0 bridgehead atoms. The van der Waals surface area contributed by atoms with E-state index in [0.717, 1.165) is 5.69 Å². The molecule has 76 valence electrons. The molecule has 0 aliphatic rings. The number of esters is 1. The van der Waals surface area contributed by atoms with Gasteiger partial charge in [-0.2, -0.15) is 4.57 Å². The smallest absolute Gasteiger partial charge is 0.372 e. The molecule has 1 aromatic rings. The van der Waals surface area contributed by atoms with E-state index in [4.69, 9.17) is 4.74 Å². The van der Waals surface area contributed by atoms with Gasteiger partial charge >= 0.3 is 5.97 Å². The number of hydrogen-bond acceptors (Lipinski definition) is 2. The second kappa shape index (κ2) is 4.74. The topological polar surface area (TPSA) is 30.2 Å². The highest BCUT2D eigenvalue weighted by Gasteiger charge is 2.13. The Morgan fingerprint density at radius 2 is 2.21 bits per heavy atom. The summed E-state index contributed by atoms with van der Waals surface area (Å²) in [4.78, 5) is 11.3. The SMILES string of the molecule is Cc1cccc[n+]1CC(=O)OC(C)C. The van der Waals surface area contributed by atoms with Gasteiger partial charge in [0.15, 0.2) is 11.9 Å². The van der Waals surface area contributed by atoms with Gasteiger partial charge in [0.05, 0.1) is 6.10 Å². The lowest BCUT2D eigenvalue weighted by Crippen LogP contribution is -2.41. The standard InChI is InChI=1S/C11H16NO2/c1-9(2)14-11(13)8-12-7-5-4-6-10(12)3/h4-7,9H,8H2,1-3H3/q+1. The summed E-state index contributed by atoms with van der Waals surface area (Å²) in [6, 6.07) is 5.80. The highest BCUT2D eigenvalue weighted by molar-refractivity contribution is 5.67. The van der Waals surface area contributed by atoms with Crippen molar-refractivity contribution in [3.05, 3.63) is 30.1 Å². The first-order valence-electron chi connectivity index (χ1n) is 4.74. The molecular weight excluding hydrogens is 178 g/mol. The average Bonchev–Trinajstić information content (AvgIpc) is 2.07. The summed E-state index contributed by atoms with van der Waals surface area (Å²) in [5, 5.41) is 0. The molecule has 1 rings (SSSR count). The monoisotopic (exact) mass is 194 g/mol. The lowest BCUT2D eigenvalue weighted by molar-refractivity contribution is -0.692. The van der Waals surface area contributed by atoms with Gasteiger partial charge in [0.25, 0.3) is 0 Å². The van der Waals surface area contributed by atoms with Crippen LogP contribution >= 0.6 is 0 Å². The molecule has 0 aliphatic carbocycles. The van der Waals surface area contributed by atoms with E-state index >= 15 is 0 Å². The molecule has 1 aromatic heterocycles. The average molecular weight is 194 g/mol. The molecule has 0 saturated heterocycles. The summed E-state index contributed by atoms with van der Waals surface area (Å²) in [7, 11) is 0. The molecule has 1 heterocycles. The summed E-state index contributed by atoms with van der Waals surface area (Å²) in [5.74, 6) is -0.195. The lowest BCUT2D eigenvalue weighted by atomic mass is 10.3. The molecule has 0 aliphatic heterocycles. The van der Waals surface area contributed by atoms with Crippen molar-refractivity contribution in [3.63, 3.8) is 0 Å². The Morgan fingerprint density at radius 3 is 2.79 bits per heavy atom. The number of rotatable bonds is 3. The first-order chi connectivity index (χ1) is 6.59. The fraction of sp³-hybridized carbons (Fsp3) is 0.455. The highest BCUT2D eigenvalue weighted by Crippen LogP contribution is 1.91. The zero-order valence-corrected chi connectivity index (χ0v) is 8.86. The zero-order chi connectivity index (χ0) is 10.6. The first-order valence-corrected chi connectivity index (χ1v) is 4.74. The first kappa shape index (κ1) is 10.7. The van der Waals surface area contributed by atoms with Gasteiger partial charge in [-0.1, -0.05) is 6.07 Å². The Morgan fingerprint density at radius 1 is 1.50 bits per heavy atom. The molecule has 0 spiro atoms. The van der Waals surface area contributed by atoms with Crippen molar-refractivity contribution in [2.24, 2.45) is 0 Å². The lowest BCUT2D eigenvalue weighted by Gasteiger charge is -2.05. The Bertz CT molecular complexity index is 321. The van der Waals surface area contributed by atoms with Crippen LogP contribution in [0.3, 0.4) is 0 Å². The largest absolute Gasteiger partial charge is 0.458 e. The molecule has 0 aromatic carbocycles. The number of aryl methyl sites for hydroxylation is 1. The molecule has 0 atom stereocenters. The molecular formula is C11H16NO2+. The van der Waals surface area contributed by atoms with Crippen LogP contribution in [0.1, 0.15) is 19.5 Å². The fourth-order valence-electron chi connectivity index (χ4n) is 1.18. The van der Waals surface area contributed by atoms with E-state index in [1.807, 2.05) is 49.7 Å². The number of aromatic nitrogens is 1. The number of nitrogens with zero attached hydrogens (tertiary/aromatic N) is 1. The van der Waals surface area contributed by atoms with Crippen molar-refractivity contribution in [1.82, 2.24) is 0 Å². The van der Waals surface area contributed by atoms with Crippen LogP contribution in [0.15, 0.2) is 24.4 Å². The second-order valence-electron chi connectivity index (χ2n) is 3.51. The Labute approximate surface area is 84.3 Å². The van der Waals surface area contributed by atoms with Crippen LogP contribution < -0.4 is 4.57 Å². The van der Waals surface area contributed by atoms with Gasteiger partial charge in [0, 0.05) is 19.1 Å². The molecule has 0 fully saturated rings. The molecule has 14 heavy (non-hydrogen) atoms. The van der Waals surface area contributed by atoms with Crippen LogP contribution in [0.2, 0.25) is 0 Å². The quantitative estimate of drug-likeness (QED) is 0.535. The summed E-state index contributed by atoms with van der Waals surface area (Å²) in [5.41, 5.74) is 1.05. The predicted octanol–water partition coefficient (Wildman–Crippen LogP) is 1.23. The van der Waals surface area contributed by atoms with Crippen molar-refractivity contribution in [2.45, 2.75) is 33.4 Å². The van der Waals surface area contributed by atoms with Crippen molar-refractivity contribution in [2.75, 3.05) is 0 Å². The Hall–Kier alpha value is -1.38. The van der Waals surface area contributed by atoms with Crippen LogP contribution in [0.5, 0.6) is 0 Å². The number of carbonyl (C=O) groups is 1. The van der Waals surface area contributed by atoms with Crippen molar-refractivity contribution >= 4 is 5.97 Å². The Kier molecular flexibility index (Phi) is 3.63. The van der Waals surface area contributed by atoms with Gasteiger partial charge in [0.1, 0.15) is 0 Å². The third-order valence-electron chi connectivity index (χ3n) is 1.83. The third-order valence-corrected chi connectivity index (χ3v) is 1.83. The van der Waals surface area contributed by atoms with Crippen LogP contribution in [0.25, 0.3) is 0 Å². The van der Waals surface area contributed by atoms with Crippen molar-refractivity contribution < 1.29 is 14.1 Å². The van der Waals surface area contributed by atoms with Crippen LogP contribution in [0.4, 0.5) is 0 Å². The minimum atomic E-state index is -0.195. The molecule has 0 unspecified atom stereocenters. The molecule has 3 heteroatoms. The third kappa shape index (κ3) is 3.17. The van der Waals surface area contributed by atoms with Gasteiger partial charge in [-0.3, -0.25) is 0 Å². The Balaban J connectivity index is 2.61. The highest BCUT2D eigenvalue weighted by atomic mass is 16.5. The van der Waals surface area contributed by atoms with Gasteiger partial charge in [-0.25, -0.2) is 4.79 Å². The summed E-state index contributed by atoms with van der Waals surface area (Å²) in [6.45, 7) is 5.94. The fourth-order valence-corrected chi connectivity index (χ4v) is 1.18. The van der Waals surface area contributed by atoms with Gasteiger partial charge in [-0.05, 0) is 13.8 Å². The van der Waals surface area contributed by atoms with E-state index in [1.54, 1.807) is 0 Å². The van der Waals surface area contributed by atoms with E-state index in [0.29, 0.717) is 0 Å². The van der Waals surface area contributed by atoms with Gasteiger partial charge < -0.3 is 4.74 Å². The van der Waals surface area contributed by atoms with E-state index in [1.165, 1.54) is 0 Å². The number of carbonyl (C=O) groups excluding carboxylic acids is 1. The van der Waals surface area contributed by atoms with Crippen LogP contribution in [-0.4, -0.2) is 12.1 Å². The molecule has 0 radical (unpaired) electrons. The van der Waals surface area contributed by atoms with Crippen LogP contribution in [-0.2, 0) is 16.1 Å². The normalized spacial score (nSPS) is 10.3. The molecule has 0 amide bonds. The van der Waals surface area contributed by atoms with E-state index in [2.05, 4.69) is 0 Å². The number of pyridine rings is 1. The summed E-state index contributed by atoms with van der Waals surface area (Å²) in [6.07, 6.45) is 1.82. The van der Waals surface area contributed by atoms with Crippen molar-refractivity contribution in [1.29, 1.82) is 0 Å². The zero-order valence-electron chi connectivity index (χ0n) is 8.86. The maximum Gasteiger partial charge on any atom is 0.372 e. The molecule has 0 N–H and O–H groups in total. The maximum atomic E-state index is 11.3. The number of ether oxygens (including phenoxy) is 1.